The summed E-state index contributed by atoms with van der Waals surface area (Å²) in [4.78, 5) is 0. The monoisotopic (exact) mass is 514 g/mol. The quantitative estimate of drug-likeness (QED) is 0.233. The molecule has 1 saturated carbocycles. The summed E-state index contributed by atoms with van der Waals surface area (Å²) in [7, 11) is 1.69. The summed E-state index contributed by atoms with van der Waals surface area (Å²) in [5, 5.41) is 0. The molecule has 2 fully saturated rings. The molecule has 0 radical (unpaired) electrons. The van der Waals surface area contributed by atoms with E-state index in [2.05, 4.69) is 53.8 Å². The van der Waals surface area contributed by atoms with Crippen LogP contribution in [0.1, 0.15) is 52.0 Å². The zero-order chi connectivity index (χ0) is 20.9. The largest absolute Gasteiger partial charge is 0.497 e. The Balaban J connectivity index is 1.54. The zero-order valence-corrected chi connectivity index (χ0v) is 20.3. The van der Waals surface area contributed by atoms with Gasteiger partial charge in [0, 0.05) is 16.3 Å². The molecule has 29 heavy (non-hydrogen) atoms. The maximum absolute atomic E-state index is 6.28. The van der Waals surface area contributed by atoms with Crippen LogP contribution in [0.5, 0.6) is 5.75 Å². The molecule has 0 aromatic heterocycles. The van der Waals surface area contributed by atoms with Crippen molar-refractivity contribution in [2.24, 2.45) is 11.8 Å². The molecule has 1 aliphatic heterocycles. The molecule has 1 aromatic rings. The Bertz CT molecular complexity index is 657. The number of hydrogen-bond donors (Lipinski definition) is 0. The molecule has 0 amide bonds. The van der Waals surface area contributed by atoms with Gasteiger partial charge in [-0.05, 0) is 50.8 Å². The smallest absolute Gasteiger partial charge is 0.163 e. The highest BCUT2D eigenvalue weighted by Gasteiger charge is 2.42. The number of benzene rings is 1. The molecule has 1 saturated heterocycles. The van der Waals surface area contributed by atoms with Crippen LogP contribution >= 0.6 is 22.6 Å². The van der Waals surface area contributed by atoms with E-state index in [0.29, 0.717) is 24.5 Å². The Morgan fingerprint density at radius 1 is 1.21 bits per heavy atom. The molecule has 3 rings (SSSR count). The molecular weight excluding hydrogens is 479 g/mol. The standard InChI is InChI=1S/C24H35IO4/c1-17(23-22(14-15-25)28-24(2,3)29-23)8-11-19-6-5-7-21(19)27-16-18-9-12-20(26-4)13-10-18/h8-13,17,19,21-23H,5-7,14-16H2,1-4H3/b11-8-/t17?,19-,21+,22?,23?/m1/s1. The van der Waals surface area contributed by atoms with E-state index >= 15 is 0 Å². The Kier molecular flexibility index (Phi) is 8.42. The summed E-state index contributed by atoms with van der Waals surface area (Å²) in [5.74, 6) is 1.20. The van der Waals surface area contributed by atoms with Gasteiger partial charge in [0.2, 0.25) is 0 Å². The molecule has 5 atom stereocenters. The van der Waals surface area contributed by atoms with Crippen molar-refractivity contribution < 1.29 is 18.9 Å². The number of methoxy groups -OCH3 is 1. The van der Waals surface area contributed by atoms with Gasteiger partial charge in [0.1, 0.15) is 5.75 Å². The molecule has 162 valence electrons. The Labute approximate surface area is 189 Å². The van der Waals surface area contributed by atoms with Crippen LogP contribution in [0, 0.1) is 11.8 Å². The predicted octanol–water partition coefficient (Wildman–Crippen LogP) is 5.92. The first-order valence-electron chi connectivity index (χ1n) is 10.8. The third-order valence-corrected chi connectivity index (χ3v) is 6.54. The zero-order valence-electron chi connectivity index (χ0n) is 18.1. The lowest BCUT2D eigenvalue weighted by atomic mass is 9.95. The highest BCUT2D eigenvalue weighted by Crippen LogP contribution is 2.36. The van der Waals surface area contributed by atoms with E-state index in [9.17, 15) is 0 Å². The van der Waals surface area contributed by atoms with Gasteiger partial charge in [0.05, 0.1) is 32.0 Å². The highest BCUT2D eigenvalue weighted by atomic mass is 127. The van der Waals surface area contributed by atoms with E-state index in [4.69, 9.17) is 18.9 Å². The van der Waals surface area contributed by atoms with Gasteiger partial charge < -0.3 is 18.9 Å². The molecule has 0 N–H and O–H groups in total. The molecule has 0 bridgehead atoms. The van der Waals surface area contributed by atoms with Gasteiger partial charge in [-0.1, -0.05) is 60.2 Å². The summed E-state index contributed by atoms with van der Waals surface area (Å²) in [6.07, 6.45) is 9.87. The van der Waals surface area contributed by atoms with Crippen LogP contribution in [0.2, 0.25) is 0 Å². The van der Waals surface area contributed by atoms with Crippen LogP contribution in [0.15, 0.2) is 36.4 Å². The van der Waals surface area contributed by atoms with Crippen LogP contribution in [0.4, 0.5) is 0 Å². The van der Waals surface area contributed by atoms with Crippen molar-refractivity contribution in [2.45, 2.75) is 77.2 Å². The summed E-state index contributed by atoms with van der Waals surface area (Å²) in [5.41, 5.74) is 1.19. The number of halogens is 1. The van der Waals surface area contributed by atoms with E-state index in [1.807, 2.05) is 26.0 Å². The lowest BCUT2D eigenvalue weighted by Gasteiger charge is -2.22. The van der Waals surface area contributed by atoms with Crippen molar-refractivity contribution in [1.82, 2.24) is 0 Å². The molecule has 3 unspecified atom stereocenters. The number of ether oxygens (including phenoxy) is 4. The third-order valence-electron chi connectivity index (χ3n) is 5.92. The van der Waals surface area contributed by atoms with E-state index < -0.39 is 5.79 Å². The lowest BCUT2D eigenvalue weighted by Crippen LogP contribution is -2.29. The summed E-state index contributed by atoms with van der Waals surface area (Å²) in [6, 6.07) is 8.13. The minimum absolute atomic E-state index is 0.121. The lowest BCUT2D eigenvalue weighted by molar-refractivity contribution is -0.148. The first kappa shape index (κ1) is 23.0. The number of alkyl halides is 1. The Morgan fingerprint density at radius 2 is 1.97 bits per heavy atom. The van der Waals surface area contributed by atoms with Crippen LogP contribution < -0.4 is 4.74 Å². The second-order valence-corrected chi connectivity index (χ2v) is 9.73. The van der Waals surface area contributed by atoms with Gasteiger partial charge in [-0.3, -0.25) is 0 Å². The van der Waals surface area contributed by atoms with Gasteiger partial charge in [-0.15, -0.1) is 0 Å². The summed E-state index contributed by atoms with van der Waals surface area (Å²) < 4.78 is 24.9. The van der Waals surface area contributed by atoms with E-state index in [1.165, 1.54) is 18.4 Å². The Hall–Kier alpha value is -0.630. The van der Waals surface area contributed by atoms with Crippen molar-refractivity contribution in [1.29, 1.82) is 0 Å². The molecule has 4 nitrogen and oxygen atoms in total. The molecule has 1 heterocycles. The molecule has 1 aliphatic carbocycles. The van der Waals surface area contributed by atoms with E-state index in [0.717, 1.165) is 23.0 Å². The van der Waals surface area contributed by atoms with Gasteiger partial charge >= 0.3 is 0 Å². The Morgan fingerprint density at radius 3 is 2.66 bits per heavy atom. The number of hydrogen-bond acceptors (Lipinski definition) is 4. The van der Waals surface area contributed by atoms with Gasteiger partial charge in [-0.25, -0.2) is 0 Å². The van der Waals surface area contributed by atoms with Crippen molar-refractivity contribution in [3.63, 3.8) is 0 Å². The first-order valence-corrected chi connectivity index (χ1v) is 12.3. The first-order chi connectivity index (χ1) is 13.9. The SMILES string of the molecule is COc1ccc(CO[C@H]2CCC[C@@H]2/C=C\C(C)C2OC(C)(C)OC2CCI)cc1. The molecule has 0 spiro atoms. The second-order valence-electron chi connectivity index (χ2n) is 8.65. The highest BCUT2D eigenvalue weighted by molar-refractivity contribution is 14.1. The topological polar surface area (TPSA) is 36.9 Å². The van der Waals surface area contributed by atoms with Crippen LogP contribution in [0.25, 0.3) is 0 Å². The molecule has 2 aliphatic rings. The second kappa shape index (κ2) is 10.6. The van der Waals surface area contributed by atoms with Crippen LogP contribution in [0.3, 0.4) is 0 Å². The summed E-state index contributed by atoms with van der Waals surface area (Å²) in [6.45, 7) is 6.93. The fraction of sp³-hybridized carbons (Fsp3) is 0.667. The van der Waals surface area contributed by atoms with E-state index in [1.54, 1.807) is 7.11 Å². The van der Waals surface area contributed by atoms with Crippen LogP contribution in [-0.4, -0.2) is 35.6 Å². The normalized spacial score (nSPS) is 30.1. The molecular formula is C24H35IO4. The average Bonchev–Trinajstić information content (AvgIpc) is 3.28. The minimum Gasteiger partial charge on any atom is -0.497 e. The van der Waals surface area contributed by atoms with Crippen molar-refractivity contribution in [3.05, 3.63) is 42.0 Å². The van der Waals surface area contributed by atoms with Crippen molar-refractivity contribution >= 4 is 22.6 Å². The fourth-order valence-electron chi connectivity index (χ4n) is 4.37. The fourth-order valence-corrected chi connectivity index (χ4v) is 4.99. The predicted molar refractivity (Wildman–Crippen MR) is 125 cm³/mol. The average molecular weight is 514 g/mol. The maximum atomic E-state index is 6.28. The van der Waals surface area contributed by atoms with Crippen molar-refractivity contribution in [3.8, 4) is 5.75 Å². The van der Waals surface area contributed by atoms with Gasteiger partial charge in [-0.2, -0.15) is 0 Å². The molecule has 1 aromatic carbocycles. The number of rotatable bonds is 9. The molecule has 5 heteroatoms. The van der Waals surface area contributed by atoms with Gasteiger partial charge in [0.25, 0.3) is 0 Å². The van der Waals surface area contributed by atoms with Crippen LogP contribution in [-0.2, 0) is 20.8 Å². The van der Waals surface area contributed by atoms with E-state index in [-0.39, 0.29) is 12.2 Å². The maximum Gasteiger partial charge on any atom is 0.163 e. The van der Waals surface area contributed by atoms with Gasteiger partial charge in [0.15, 0.2) is 5.79 Å². The third kappa shape index (κ3) is 6.42. The summed E-state index contributed by atoms with van der Waals surface area (Å²) >= 11 is 2.42. The minimum atomic E-state index is -0.486. The van der Waals surface area contributed by atoms with Crippen molar-refractivity contribution in [2.75, 3.05) is 11.5 Å².